The number of halogens is 1. The highest BCUT2D eigenvalue weighted by atomic mass is 79.9. The third-order valence-corrected chi connectivity index (χ3v) is 6.35. The summed E-state index contributed by atoms with van der Waals surface area (Å²) in [5, 5.41) is 13.7. The van der Waals surface area contributed by atoms with E-state index < -0.39 is 0 Å². The third kappa shape index (κ3) is 5.47. The molecule has 2 atom stereocenters. The number of hydrogen-bond acceptors (Lipinski definition) is 4. The number of hydroxylamine groups is 1. The average molecular weight is 433 g/mol. The van der Waals surface area contributed by atoms with Gasteiger partial charge in [-0.05, 0) is 61.1 Å². The molecule has 1 aliphatic carbocycles. The van der Waals surface area contributed by atoms with Crippen molar-refractivity contribution >= 4 is 21.6 Å². The van der Waals surface area contributed by atoms with E-state index in [2.05, 4.69) is 38.9 Å². The zero-order valence-corrected chi connectivity index (χ0v) is 17.4. The molecule has 2 aromatic carbocycles. The number of benzene rings is 2. The Morgan fingerprint density at radius 2 is 1.78 bits per heavy atom. The van der Waals surface area contributed by atoms with Gasteiger partial charge in [-0.15, -0.1) is 0 Å². The zero-order chi connectivity index (χ0) is 19.1. The summed E-state index contributed by atoms with van der Waals surface area (Å²) in [5.74, 6) is 1.38. The molecule has 0 aliphatic heterocycles. The molecule has 0 unspecified atom stereocenters. The summed E-state index contributed by atoms with van der Waals surface area (Å²) in [7, 11) is 1.68. The SMILES string of the molecule is COc1ccc(N[C@H](C2CCCCC2)[C@H](Cc2ccccc2Br)NO)cc1. The second-order valence-electron chi connectivity index (χ2n) is 7.33. The standard InChI is InChI=1S/C22H29BrN2O2/c1-27-19-13-11-18(12-14-19)24-22(16-7-3-2-4-8-16)21(25-26)15-17-9-5-6-10-20(17)23/h5-6,9-14,16,21-22,24-26H,2-4,7-8,15H2,1H3/t21-,22+/m0/s1. The van der Waals surface area contributed by atoms with Gasteiger partial charge in [-0.2, -0.15) is 0 Å². The number of hydrogen-bond donors (Lipinski definition) is 3. The van der Waals surface area contributed by atoms with Crippen molar-refractivity contribution in [3.63, 3.8) is 0 Å². The molecule has 1 fully saturated rings. The van der Waals surface area contributed by atoms with E-state index in [1.54, 1.807) is 7.11 Å². The van der Waals surface area contributed by atoms with Gasteiger partial charge in [-0.3, -0.25) is 0 Å². The highest BCUT2D eigenvalue weighted by Gasteiger charge is 2.31. The molecule has 3 rings (SSSR count). The number of ether oxygens (including phenoxy) is 1. The normalized spacial score (nSPS) is 17.3. The van der Waals surface area contributed by atoms with Crippen LogP contribution in [0.15, 0.2) is 53.0 Å². The smallest absolute Gasteiger partial charge is 0.119 e. The second kappa shape index (κ2) is 10.1. The molecule has 146 valence electrons. The van der Waals surface area contributed by atoms with Gasteiger partial charge in [-0.25, -0.2) is 5.48 Å². The molecule has 0 heterocycles. The summed E-state index contributed by atoms with van der Waals surface area (Å²) in [6, 6.07) is 16.3. The molecule has 0 radical (unpaired) electrons. The van der Waals surface area contributed by atoms with Gasteiger partial charge in [0.2, 0.25) is 0 Å². The van der Waals surface area contributed by atoms with Crippen LogP contribution in [0.1, 0.15) is 37.7 Å². The molecule has 4 nitrogen and oxygen atoms in total. The third-order valence-electron chi connectivity index (χ3n) is 5.58. The van der Waals surface area contributed by atoms with Crippen molar-refractivity contribution < 1.29 is 9.94 Å². The Morgan fingerprint density at radius 1 is 1.07 bits per heavy atom. The van der Waals surface area contributed by atoms with Crippen LogP contribution in [0.5, 0.6) is 5.75 Å². The molecular weight excluding hydrogens is 404 g/mol. The summed E-state index contributed by atoms with van der Waals surface area (Å²) < 4.78 is 6.35. The molecule has 0 bridgehead atoms. The number of nitrogens with one attached hydrogen (secondary N) is 2. The Kier molecular flexibility index (Phi) is 7.56. The van der Waals surface area contributed by atoms with E-state index in [-0.39, 0.29) is 12.1 Å². The Bertz CT molecular complexity index is 702. The molecule has 1 saturated carbocycles. The van der Waals surface area contributed by atoms with E-state index in [0.29, 0.717) is 5.92 Å². The van der Waals surface area contributed by atoms with Crippen LogP contribution in [-0.2, 0) is 6.42 Å². The van der Waals surface area contributed by atoms with Crippen LogP contribution in [0.25, 0.3) is 0 Å². The minimum Gasteiger partial charge on any atom is -0.497 e. The fourth-order valence-corrected chi connectivity index (χ4v) is 4.52. The maximum Gasteiger partial charge on any atom is 0.119 e. The van der Waals surface area contributed by atoms with Gasteiger partial charge in [0, 0.05) is 16.2 Å². The summed E-state index contributed by atoms with van der Waals surface area (Å²) in [5.41, 5.74) is 4.86. The lowest BCUT2D eigenvalue weighted by Gasteiger charge is -2.36. The Hall–Kier alpha value is -1.56. The molecule has 1 aliphatic rings. The van der Waals surface area contributed by atoms with Crippen LogP contribution in [-0.4, -0.2) is 24.4 Å². The van der Waals surface area contributed by atoms with Crippen LogP contribution >= 0.6 is 15.9 Å². The van der Waals surface area contributed by atoms with Crippen molar-refractivity contribution in [2.75, 3.05) is 12.4 Å². The molecule has 27 heavy (non-hydrogen) atoms. The summed E-state index contributed by atoms with van der Waals surface area (Å²) in [4.78, 5) is 0. The lowest BCUT2D eigenvalue weighted by Crippen LogP contribution is -2.49. The minimum atomic E-state index is -0.0751. The van der Waals surface area contributed by atoms with Gasteiger partial charge >= 0.3 is 0 Å². The largest absolute Gasteiger partial charge is 0.497 e. The number of anilines is 1. The first-order chi connectivity index (χ1) is 13.2. The van der Waals surface area contributed by atoms with Crippen molar-refractivity contribution in [1.82, 2.24) is 5.48 Å². The van der Waals surface area contributed by atoms with Crippen molar-refractivity contribution in [2.24, 2.45) is 5.92 Å². The van der Waals surface area contributed by atoms with Crippen molar-refractivity contribution in [2.45, 2.75) is 50.6 Å². The molecular formula is C22H29BrN2O2. The minimum absolute atomic E-state index is 0.0751. The van der Waals surface area contributed by atoms with Crippen molar-refractivity contribution in [3.05, 3.63) is 58.6 Å². The van der Waals surface area contributed by atoms with Crippen LogP contribution in [0, 0.1) is 5.92 Å². The highest BCUT2D eigenvalue weighted by Crippen LogP contribution is 2.31. The molecule has 0 aromatic heterocycles. The lowest BCUT2D eigenvalue weighted by atomic mass is 9.79. The monoisotopic (exact) mass is 432 g/mol. The van der Waals surface area contributed by atoms with Gasteiger partial charge in [0.15, 0.2) is 0 Å². The fourth-order valence-electron chi connectivity index (χ4n) is 4.07. The van der Waals surface area contributed by atoms with E-state index in [4.69, 9.17) is 4.74 Å². The fraction of sp³-hybridized carbons (Fsp3) is 0.455. The molecule has 0 saturated heterocycles. The molecule has 2 aromatic rings. The number of rotatable bonds is 8. The van der Waals surface area contributed by atoms with E-state index in [9.17, 15) is 5.21 Å². The van der Waals surface area contributed by atoms with Crippen LogP contribution < -0.4 is 15.5 Å². The van der Waals surface area contributed by atoms with E-state index >= 15 is 0 Å². The van der Waals surface area contributed by atoms with Crippen molar-refractivity contribution in [3.8, 4) is 5.75 Å². The van der Waals surface area contributed by atoms with Gasteiger partial charge < -0.3 is 15.3 Å². The second-order valence-corrected chi connectivity index (χ2v) is 8.18. The Balaban J connectivity index is 1.81. The maximum atomic E-state index is 10.0. The summed E-state index contributed by atoms with van der Waals surface area (Å²) >= 11 is 3.64. The summed E-state index contributed by atoms with van der Waals surface area (Å²) in [6.07, 6.45) is 6.98. The quantitative estimate of drug-likeness (QED) is 0.488. The van der Waals surface area contributed by atoms with Crippen LogP contribution in [0.3, 0.4) is 0 Å². The number of methoxy groups -OCH3 is 1. The Morgan fingerprint density at radius 3 is 2.41 bits per heavy atom. The van der Waals surface area contributed by atoms with Gasteiger partial charge in [-0.1, -0.05) is 53.4 Å². The van der Waals surface area contributed by atoms with Gasteiger partial charge in [0.25, 0.3) is 0 Å². The van der Waals surface area contributed by atoms with Gasteiger partial charge in [0.05, 0.1) is 13.2 Å². The highest BCUT2D eigenvalue weighted by molar-refractivity contribution is 9.10. The molecule has 5 heteroatoms. The average Bonchev–Trinajstić information content (AvgIpc) is 2.73. The van der Waals surface area contributed by atoms with E-state index in [1.807, 2.05) is 36.4 Å². The zero-order valence-electron chi connectivity index (χ0n) is 15.8. The van der Waals surface area contributed by atoms with Crippen molar-refractivity contribution in [1.29, 1.82) is 0 Å². The van der Waals surface area contributed by atoms with E-state index in [1.165, 1.54) is 37.7 Å². The first kappa shape index (κ1) is 20.2. The maximum absolute atomic E-state index is 10.0. The Labute approximate surface area is 170 Å². The first-order valence-electron chi connectivity index (χ1n) is 9.75. The van der Waals surface area contributed by atoms with Crippen LogP contribution in [0.2, 0.25) is 0 Å². The lowest BCUT2D eigenvalue weighted by molar-refractivity contribution is 0.0995. The molecule has 0 spiro atoms. The van der Waals surface area contributed by atoms with E-state index in [0.717, 1.165) is 22.3 Å². The predicted octanol–water partition coefficient (Wildman–Crippen LogP) is 5.41. The first-order valence-corrected chi connectivity index (χ1v) is 10.5. The van der Waals surface area contributed by atoms with Gasteiger partial charge in [0.1, 0.15) is 5.75 Å². The molecule has 3 N–H and O–H groups in total. The summed E-state index contributed by atoms with van der Waals surface area (Å²) in [6.45, 7) is 0. The van der Waals surface area contributed by atoms with Crippen LogP contribution in [0.4, 0.5) is 5.69 Å². The topological polar surface area (TPSA) is 53.5 Å². The predicted molar refractivity (Wildman–Crippen MR) is 114 cm³/mol. The molecule has 0 amide bonds.